The number of hydrogen-bond donors (Lipinski definition) is 2. The first-order valence-corrected chi connectivity index (χ1v) is 4.27. The van der Waals surface area contributed by atoms with Crippen molar-refractivity contribution in [1.29, 1.82) is 0 Å². The highest BCUT2D eigenvalue weighted by molar-refractivity contribution is 5.28. The van der Waals surface area contributed by atoms with Crippen LogP contribution in [0.2, 0.25) is 0 Å². The molecule has 1 aromatic rings. The van der Waals surface area contributed by atoms with Crippen LogP contribution in [-0.2, 0) is 0 Å². The highest BCUT2D eigenvalue weighted by Gasteiger charge is 2.20. The van der Waals surface area contributed by atoms with Crippen LogP contribution >= 0.6 is 0 Å². The van der Waals surface area contributed by atoms with Crippen LogP contribution in [0, 0.1) is 0 Å². The molecule has 0 radical (unpaired) electrons. The summed E-state index contributed by atoms with van der Waals surface area (Å²) in [6.07, 6.45) is 1.28. The quantitative estimate of drug-likeness (QED) is 0.618. The molecule has 0 aliphatic carbocycles. The molecule has 1 saturated heterocycles. The second-order valence-corrected chi connectivity index (χ2v) is 3.14. The van der Waals surface area contributed by atoms with Crippen molar-refractivity contribution in [2.45, 2.75) is 18.9 Å². The molecule has 3 N–H and O–H groups in total. The Balaban J connectivity index is 2.02. The fourth-order valence-corrected chi connectivity index (χ4v) is 1.41. The highest BCUT2D eigenvalue weighted by atomic mass is 16.4. The van der Waals surface area contributed by atoms with Crippen LogP contribution in [0.1, 0.15) is 12.8 Å². The van der Waals surface area contributed by atoms with Gasteiger partial charge in [-0.05, 0) is 12.8 Å². The van der Waals surface area contributed by atoms with Crippen LogP contribution in [0.4, 0.5) is 12.0 Å². The van der Waals surface area contributed by atoms with Crippen LogP contribution in [0.3, 0.4) is 0 Å². The Hall–Kier alpha value is -1.30. The average molecular weight is 184 g/mol. The molecule has 6 heteroatoms. The van der Waals surface area contributed by atoms with Crippen molar-refractivity contribution >= 4 is 12.0 Å². The predicted molar refractivity (Wildman–Crippen MR) is 46.2 cm³/mol. The molecule has 0 spiro atoms. The number of nitrogens with zero attached hydrogens (tertiary/aromatic N) is 3. The minimum atomic E-state index is -0.198. The molecule has 6 nitrogen and oxygen atoms in total. The maximum Gasteiger partial charge on any atom is 0.319 e. The van der Waals surface area contributed by atoms with Crippen molar-refractivity contribution in [2.24, 2.45) is 0 Å². The van der Waals surface area contributed by atoms with Gasteiger partial charge in [0.05, 0.1) is 6.10 Å². The van der Waals surface area contributed by atoms with Gasteiger partial charge in [-0.25, -0.2) is 0 Å². The zero-order chi connectivity index (χ0) is 9.26. The van der Waals surface area contributed by atoms with Gasteiger partial charge in [0.2, 0.25) is 0 Å². The molecular weight excluding hydrogens is 172 g/mol. The van der Waals surface area contributed by atoms with Crippen molar-refractivity contribution in [3.05, 3.63) is 0 Å². The number of aliphatic hydroxyl groups excluding tert-OH is 1. The highest BCUT2D eigenvalue weighted by Crippen LogP contribution is 2.18. The first-order valence-electron chi connectivity index (χ1n) is 4.27. The van der Waals surface area contributed by atoms with Gasteiger partial charge >= 0.3 is 12.0 Å². The van der Waals surface area contributed by atoms with Crippen molar-refractivity contribution < 1.29 is 9.52 Å². The van der Waals surface area contributed by atoms with E-state index in [4.69, 9.17) is 10.2 Å². The van der Waals surface area contributed by atoms with E-state index in [0.717, 1.165) is 25.9 Å². The molecule has 2 heterocycles. The number of hydrogen-bond acceptors (Lipinski definition) is 6. The lowest BCUT2D eigenvalue weighted by Gasteiger charge is -2.27. The summed E-state index contributed by atoms with van der Waals surface area (Å²) in [7, 11) is 0. The van der Waals surface area contributed by atoms with E-state index in [-0.39, 0.29) is 12.1 Å². The summed E-state index contributed by atoms with van der Waals surface area (Å²) < 4.78 is 5.06. The topological polar surface area (TPSA) is 88.4 Å². The standard InChI is InChI=1S/C7H12N4O2/c8-6-9-10-7(13-6)11-3-1-5(12)2-4-11/h5,12H,1-4H2,(H2,8,9). The Morgan fingerprint density at radius 1 is 1.38 bits per heavy atom. The van der Waals surface area contributed by atoms with Crippen molar-refractivity contribution in [1.82, 2.24) is 10.2 Å². The molecule has 0 unspecified atom stereocenters. The number of piperidine rings is 1. The van der Waals surface area contributed by atoms with Crippen LogP contribution in [0.5, 0.6) is 0 Å². The Labute approximate surface area is 75.3 Å². The summed E-state index contributed by atoms with van der Waals surface area (Å²) >= 11 is 0. The molecule has 1 fully saturated rings. The Morgan fingerprint density at radius 2 is 2.08 bits per heavy atom. The van der Waals surface area contributed by atoms with Gasteiger partial charge < -0.3 is 20.2 Å². The van der Waals surface area contributed by atoms with Crippen LogP contribution in [-0.4, -0.2) is 34.5 Å². The number of nitrogen functional groups attached to an aromatic ring is 1. The van der Waals surface area contributed by atoms with E-state index in [9.17, 15) is 5.11 Å². The van der Waals surface area contributed by atoms with Gasteiger partial charge in [0, 0.05) is 13.1 Å². The summed E-state index contributed by atoms with van der Waals surface area (Å²) in [5.74, 6) is 0. The monoisotopic (exact) mass is 184 g/mol. The van der Waals surface area contributed by atoms with Gasteiger partial charge in [0.25, 0.3) is 0 Å². The number of anilines is 2. The van der Waals surface area contributed by atoms with Crippen molar-refractivity contribution in [2.75, 3.05) is 23.7 Å². The third-order valence-corrected chi connectivity index (χ3v) is 2.16. The lowest BCUT2D eigenvalue weighted by atomic mass is 10.1. The first kappa shape index (κ1) is 8.31. The van der Waals surface area contributed by atoms with E-state index in [1.165, 1.54) is 0 Å². The van der Waals surface area contributed by atoms with E-state index in [1.54, 1.807) is 0 Å². The normalized spacial score (nSPS) is 19.3. The zero-order valence-electron chi connectivity index (χ0n) is 7.18. The van der Waals surface area contributed by atoms with E-state index in [1.807, 2.05) is 4.90 Å². The maximum absolute atomic E-state index is 9.26. The summed E-state index contributed by atoms with van der Waals surface area (Å²) in [5.41, 5.74) is 5.30. The Kier molecular flexibility index (Phi) is 2.05. The van der Waals surface area contributed by atoms with Crippen molar-refractivity contribution in [3.63, 3.8) is 0 Å². The van der Waals surface area contributed by atoms with Gasteiger partial charge in [-0.15, -0.1) is 0 Å². The average Bonchev–Trinajstić information content (AvgIpc) is 2.53. The van der Waals surface area contributed by atoms with Gasteiger partial charge in [0.1, 0.15) is 0 Å². The van der Waals surface area contributed by atoms with E-state index in [2.05, 4.69) is 10.2 Å². The fourth-order valence-electron chi connectivity index (χ4n) is 1.41. The molecule has 0 bridgehead atoms. The molecule has 0 aromatic carbocycles. The molecular formula is C7H12N4O2. The molecule has 1 aromatic heterocycles. The molecule has 2 rings (SSSR count). The maximum atomic E-state index is 9.26. The van der Waals surface area contributed by atoms with Gasteiger partial charge in [-0.2, -0.15) is 0 Å². The molecule has 1 aliphatic heterocycles. The second kappa shape index (κ2) is 3.21. The fraction of sp³-hybridized carbons (Fsp3) is 0.714. The summed E-state index contributed by atoms with van der Waals surface area (Å²) in [6, 6.07) is 0.533. The van der Waals surface area contributed by atoms with Crippen LogP contribution in [0.15, 0.2) is 4.42 Å². The molecule has 72 valence electrons. The summed E-state index contributed by atoms with van der Waals surface area (Å²) in [6.45, 7) is 1.48. The summed E-state index contributed by atoms with van der Waals surface area (Å²) in [4.78, 5) is 1.93. The molecule has 0 saturated carbocycles. The smallest absolute Gasteiger partial charge is 0.319 e. The van der Waals surface area contributed by atoms with Crippen LogP contribution < -0.4 is 10.6 Å². The number of rotatable bonds is 1. The minimum Gasteiger partial charge on any atom is -0.393 e. The third kappa shape index (κ3) is 1.72. The molecule has 0 atom stereocenters. The van der Waals surface area contributed by atoms with Gasteiger partial charge in [-0.1, -0.05) is 10.2 Å². The third-order valence-electron chi connectivity index (χ3n) is 2.16. The zero-order valence-corrected chi connectivity index (χ0v) is 7.18. The van der Waals surface area contributed by atoms with E-state index < -0.39 is 0 Å². The van der Waals surface area contributed by atoms with Gasteiger partial charge in [-0.3, -0.25) is 0 Å². The Bertz CT molecular complexity index is 280. The molecule has 1 aliphatic rings. The minimum absolute atomic E-state index is 0.0844. The van der Waals surface area contributed by atoms with E-state index >= 15 is 0 Å². The number of nitrogens with two attached hydrogens (primary N) is 1. The van der Waals surface area contributed by atoms with Crippen LogP contribution in [0.25, 0.3) is 0 Å². The lowest BCUT2D eigenvalue weighted by Crippen LogP contribution is -2.35. The largest absolute Gasteiger partial charge is 0.393 e. The van der Waals surface area contributed by atoms with Gasteiger partial charge in [0.15, 0.2) is 0 Å². The molecule has 13 heavy (non-hydrogen) atoms. The second-order valence-electron chi connectivity index (χ2n) is 3.14. The Morgan fingerprint density at radius 3 is 2.62 bits per heavy atom. The number of aliphatic hydroxyl groups is 1. The SMILES string of the molecule is Nc1nnc(N2CCC(O)CC2)o1. The molecule has 0 amide bonds. The van der Waals surface area contributed by atoms with E-state index in [0.29, 0.717) is 6.01 Å². The number of aromatic nitrogens is 2. The summed E-state index contributed by atoms with van der Waals surface area (Å²) in [5, 5.41) is 16.6. The first-order chi connectivity index (χ1) is 6.25. The predicted octanol–water partition coefficient (Wildman–Crippen LogP) is -0.387. The lowest BCUT2D eigenvalue weighted by molar-refractivity contribution is 0.144. The van der Waals surface area contributed by atoms with Crippen molar-refractivity contribution in [3.8, 4) is 0 Å².